The van der Waals surface area contributed by atoms with Gasteiger partial charge < -0.3 is 9.97 Å². The molecule has 0 unspecified atom stereocenters. The van der Waals surface area contributed by atoms with Crippen LogP contribution >= 0.6 is 0 Å². The highest BCUT2D eigenvalue weighted by Crippen LogP contribution is 2.25. The second kappa shape index (κ2) is 5.34. The van der Waals surface area contributed by atoms with E-state index in [0.717, 1.165) is 36.7 Å². The van der Waals surface area contributed by atoms with Crippen LogP contribution in [-0.2, 0) is 17.3 Å². The van der Waals surface area contributed by atoms with E-state index in [0.29, 0.717) is 0 Å². The van der Waals surface area contributed by atoms with Crippen LogP contribution in [0.25, 0.3) is 0 Å². The minimum Gasteiger partial charge on any atom is -0.331 e. The Bertz CT molecular complexity index is 532. The lowest BCUT2D eigenvalue weighted by Gasteiger charge is -2.20. The molecule has 110 valence electrons. The fourth-order valence-corrected chi connectivity index (χ4v) is 2.10. The van der Waals surface area contributed by atoms with Crippen LogP contribution in [0.4, 0.5) is 0 Å². The summed E-state index contributed by atoms with van der Waals surface area (Å²) in [7, 11) is 0. The van der Waals surface area contributed by atoms with Crippen molar-refractivity contribution < 1.29 is 0 Å². The maximum absolute atomic E-state index is 4.22. The van der Waals surface area contributed by atoms with Gasteiger partial charge in [0.1, 0.15) is 23.8 Å². The summed E-state index contributed by atoms with van der Waals surface area (Å²) in [5.41, 5.74) is 0.0216. The summed E-state index contributed by atoms with van der Waals surface area (Å²) in [4.78, 5) is 6.41. The van der Waals surface area contributed by atoms with Gasteiger partial charge in [-0.05, 0) is 12.8 Å². The summed E-state index contributed by atoms with van der Waals surface area (Å²) in [5, 5.41) is 16.4. The van der Waals surface area contributed by atoms with Crippen LogP contribution in [0.2, 0.25) is 0 Å². The summed E-state index contributed by atoms with van der Waals surface area (Å²) in [5.74, 6) is 2.84. The molecule has 2 N–H and O–H groups in total. The lowest BCUT2D eigenvalue weighted by Crippen LogP contribution is -2.19. The quantitative estimate of drug-likeness (QED) is 0.879. The molecule has 0 spiro atoms. The molecule has 0 radical (unpaired) electrons. The Morgan fingerprint density at radius 1 is 1.00 bits per heavy atom. The molecular weight excluding hydrogens is 252 g/mol. The number of hydrogen-bond acceptors (Lipinski definition) is 4. The van der Waals surface area contributed by atoms with Crippen molar-refractivity contribution >= 4 is 0 Å². The van der Waals surface area contributed by atoms with E-state index in [1.54, 1.807) is 6.33 Å². The molecule has 0 aromatic carbocycles. The van der Waals surface area contributed by atoms with Crippen molar-refractivity contribution in [1.29, 1.82) is 0 Å². The molecule has 2 aromatic heterocycles. The lowest BCUT2D eigenvalue weighted by atomic mass is 9.86. The van der Waals surface area contributed by atoms with Crippen LogP contribution in [0, 0.1) is 0 Å². The Kier molecular flexibility index (Phi) is 3.92. The number of nitrogens with zero attached hydrogens (tertiary/aromatic N) is 4. The van der Waals surface area contributed by atoms with Crippen molar-refractivity contribution in [1.82, 2.24) is 30.4 Å². The standard InChI is InChI=1S/C14H24N6/c1-13(2,3)11-17-10(18-20-11)7-6-8-14(4,5)12-15-9-16-19-12/h9H,6-8H2,1-5H3,(H,15,16,19)(H,17,18,20). The summed E-state index contributed by atoms with van der Waals surface area (Å²) in [6.45, 7) is 10.7. The average molecular weight is 276 g/mol. The second-order valence-corrected chi connectivity index (χ2v) is 6.95. The molecule has 2 heterocycles. The molecule has 6 heteroatoms. The number of aromatic amines is 2. The first-order valence-electron chi connectivity index (χ1n) is 7.07. The molecule has 6 nitrogen and oxygen atoms in total. The van der Waals surface area contributed by atoms with Gasteiger partial charge in [0.15, 0.2) is 0 Å². The molecule has 20 heavy (non-hydrogen) atoms. The van der Waals surface area contributed by atoms with Gasteiger partial charge >= 0.3 is 0 Å². The third-order valence-corrected chi connectivity index (χ3v) is 3.52. The van der Waals surface area contributed by atoms with E-state index in [1.165, 1.54) is 0 Å². The zero-order valence-corrected chi connectivity index (χ0v) is 13.0. The fourth-order valence-electron chi connectivity index (χ4n) is 2.10. The molecule has 2 rings (SSSR count). The number of nitrogens with one attached hydrogen (secondary N) is 2. The third kappa shape index (κ3) is 3.43. The fraction of sp³-hybridized carbons (Fsp3) is 0.714. The molecule has 0 bridgehead atoms. The predicted molar refractivity (Wildman–Crippen MR) is 77.4 cm³/mol. The highest BCUT2D eigenvalue weighted by molar-refractivity contribution is 5.03. The first kappa shape index (κ1) is 14.7. The largest absolute Gasteiger partial charge is 0.331 e. The van der Waals surface area contributed by atoms with E-state index in [4.69, 9.17) is 0 Å². The highest BCUT2D eigenvalue weighted by atomic mass is 15.2. The summed E-state index contributed by atoms with van der Waals surface area (Å²) in [6, 6.07) is 0. The molecule has 0 amide bonds. The van der Waals surface area contributed by atoms with E-state index in [2.05, 4.69) is 65.0 Å². The average Bonchev–Trinajstić information content (AvgIpc) is 2.99. The minimum atomic E-state index is 0.00335. The first-order chi connectivity index (χ1) is 9.29. The van der Waals surface area contributed by atoms with Gasteiger partial charge in [0, 0.05) is 17.3 Å². The SMILES string of the molecule is CC(C)(C)c1nnc(CCCC(C)(C)c2nnc[nH]2)[nH]1. The van der Waals surface area contributed by atoms with E-state index in [9.17, 15) is 0 Å². The molecule has 0 saturated heterocycles. The lowest BCUT2D eigenvalue weighted by molar-refractivity contribution is 0.434. The number of H-pyrrole nitrogens is 2. The zero-order chi connectivity index (χ0) is 14.8. The van der Waals surface area contributed by atoms with Crippen molar-refractivity contribution in [2.24, 2.45) is 0 Å². The van der Waals surface area contributed by atoms with Gasteiger partial charge in [0.05, 0.1) is 0 Å². The van der Waals surface area contributed by atoms with Crippen molar-refractivity contribution in [2.75, 3.05) is 0 Å². The molecule has 0 fully saturated rings. The van der Waals surface area contributed by atoms with Gasteiger partial charge in [0.2, 0.25) is 0 Å². The first-order valence-corrected chi connectivity index (χ1v) is 7.07. The van der Waals surface area contributed by atoms with Crippen molar-refractivity contribution in [2.45, 2.75) is 64.7 Å². The Hall–Kier alpha value is -1.72. The predicted octanol–water partition coefficient (Wildman–Crippen LogP) is 2.52. The Morgan fingerprint density at radius 3 is 2.30 bits per heavy atom. The van der Waals surface area contributed by atoms with Gasteiger partial charge in [-0.25, -0.2) is 0 Å². The minimum absolute atomic E-state index is 0.00335. The summed E-state index contributed by atoms with van der Waals surface area (Å²) in [6.07, 6.45) is 4.59. The monoisotopic (exact) mass is 276 g/mol. The zero-order valence-electron chi connectivity index (χ0n) is 13.0. The number of aromatic nitrogens is 6. The van der Waals surface area contributed by atoms with E-state index in [1.807, 2.05) is 0 Å². The van der Waals surface area contributed by atoms with Crippen LogP contribution in [0.3, 0.4) is 0 Å². The normalized spacial score (nSPS) is 12.8. The molecule has 2 aromatic rings. The third-order valence-electron chi connectivity index (χ3n) is 3.52. The number of aryl methyl sites for hydroxylation is 1. The van der Waals surface area contributed by atoms with E-state index in [-0.39, 0.29) is 10.8 Å². The number of rotatable bonds is 5. The highest BCUT2D eigenvalue weighted by Gasteiger charge is 2.24. The van der Waals surface area contributed by atoms with Crippen molar-refractivity contribution in [3.05, 3.63) is 23.8 Å². The molecule has 0 atom stereocenters. The van der Waals surface area contributed by atoms with Gasteiger partial charge in [-0.3, -0.25) is 0 Å². The maximum atomic E-state index is 4.22. The second-order valence-electron chi connectivity index (χ2n) is 6.95. The summed E-state index contributed by atoms with van der Waals surface area (Å²) >= 11 is 0. The maximum Gasteiger partial charge on any atom is 0.135 e. The van der Waals surface area contributed by atoms with Crippen molar-refractivity contribution in [3.8, 4) is 0 Å². The van der Waals surface area contributed by atoms with Gasteiger partial charge in [-0.1, -0.05) is 34.6 Å². The molecule has 0 saturated carbocycles. The Labute approximate surface area is 119 Å². The van der Waals surface area contributed by atoms with Crippen LogP contribution < -0.4 is 0 Å². The van der Waals surface area contributed by atoms with Gasteiger partial charge in [-0.2, -0.15) is 0 Å². The van der Waals surface area contributed by atoms with Gasteiger partial charge in [0.25, 0.3) is 0 Å². The van der Waals surface area contributed by atoms with E-state index >= 15 is 0 Å². The van der Waals surface area contributed by atoms with Crippen LogP contribution in [-0.4, -0.2) is 30.4 Å². The van der Waals surface area contributed by atoms with Crippen molar-refractivity contribution in [3.63, 3.8) is 0 Å². The Balaban J connectivity index is 1.89. The van der Waals surface area contributed by atoms with Gasteiger partial charge in [-0.15, -0.1) is 20.4 Å². The molecule has 0 aliphatic rings. The molecule has 0 aliphatic heterocycles. The van der Waals surface area contributed by atoms with Crippen LogP contribution in [0.5, 0.6) is 0 Å². The molecular formula is C14H24N6. The van der Waals surface area contributed by atoms with Crippen LogP contribution in [0.1, 0.15) is 64.9 Å². The Morgan fingerprint density at radius 2 is 1.75 bits per heavy atom. The summed E-state index contributed by atoms with van der Waals surface area (Å²) < 4.78 is 0. The topological polar surface area (TPSA) is 83.1 Å². The molecule has 0 aliphatic carbocycles. The van der Waals surface area contributed by atoms with E-state index < -0.39 is 0 Å². The van der Waals surface area contributed by atoms with Crippen LogP contribution in [0.15, 0.2) is 6.33 Å². The smallest absolute Gasteiger partial charge is 0.135 e. The number of hydrogen-bond donors (Lipinski definition) is 2.